The van der Waals surface area contributed by atoms with Gasteiger partial charge >= 0.3 is 56.5 Å². The summed E-state index contributed by atoms with van der Waals surface area (Å²) >= 11 is 0. The van der Waals surface area contributed by atoms with Crippen LogP contribution in [-0.4, -0.2) is 18.6 Å². The molecular weight excluding hydrogens is 352 g/mol. The van der Waals surface area contributed by atoms with E-state index in [-0.39, 0.29) is 17.4 Å². The van der Waals surface area contributed by atoms with Crippen molar-refractivity contribution in [3.05, 3.63) is 81.8 Å². The summed E-state index contributed by atoms with van der Waals surface area (Å²) in [6, 6.07) is 10.3. The van der Waals surface area contributed by atoms with Crippen LogP contribution in [-0.2, 0) is 40.6 Å². The molecule has 0 aliphatic carbocycles. The van der Waals surface area contributed by atoms with Crippen LogP contribution in [0.3, 0.4) is 0 Å². The summed E-state index contributed by atoms with van der Waals surface area (Å²) in [5.41, 5.74) is 2.35. The number of benzene rings is 1. The van der Waals surface area contributed by atoms with E-state index in [2.05, 4.69) is 57.2 Å². The molecule has 0 fully saturated rings. The van der Waals surface area contributed by atoms with E-state index in [4.69, 9.17) is 23.3 Å². The summed E-state index contributed by atoms with van der Waals surface area (Å²) in [5, 5.41) is 3.31. The Kier molecular flexibility index (Phi) is 45.8. The van der Waals surface area contributed by atoms with Gasteiger partial charge in [0.25, 0.3) is 0 Å². The molecular formula is C16H12CrN2O5. The Balaban J connectivity index is -0.0000000950. The molecule has 1 heterocycles. The fourth-order valence-corrected chi connectivity index (χ4v) is 1.28. The Morgan fingerprint density at radius 1 is 0.875 bits per heavy atom. The van der Waals surface area contributed by atoms with Gasteiger partial charge in [0.15, 0.2) is 0 Å². The van der Waals surface area contributed by atoms with E-state index in [1.807, 2.05) is 36.2 Å². The van der Waals surface area contributed by atoms with Gasteiger partial charge in [0, 0.05) is 23.1 Å². The van der Waals surface area contributed by atoms with Crippen LogP contribution in [0.4, 0.5) is 0 Å². The normalized spacial score (nSPS) is 10.0. The molecule has 8 heteroatoms. The van der Waals surface area contributed by atoms with Crippen molar-refractivity contribution >= 4 is 5.70 Å². The maximum atomic E-state index is 7.50. The Hall–Kier alpha value is -2.05. The first kappa shape index (κ1) is 33.5. The zero-order valence-corrected chi connectivity index (χ0v) is 13.8. The molecule has 0 unspecified atom stereocenters. The summed E-state index contributed by atoms with van der Waals surface area (Å²) < 4.78 is 37.5. The molecule has 2 radical (unpaired) electrons. The van der Waals surface area contributed by atoms with Crippen LogP contribution < -0.4 is 5.32 Å². The van der Waals surface area contributed by atoms with E-state index in [9.17, 15) is 0 Å². The summed E-state index contributed by atoms with van der Waals surface area (Å²) in [6.07, 6.45) is 1.97. The van der Waals surface area contributed by atoms with Crippen molar-refractivity contribution in [2.24, 2.45) is 0 Å². The molecule has 0 atom stereocenters. The summed E-state index contributed by atoms with van der Waals surface area (Å²) in [5.74, 6) is 0. The topological polar surface area (TPSA) is 115 Å². The second kappa shape index (κ2) is 32.8. The maximum absolute atomic E-state index is 7.50. The first-order valence-electron chi connectivity index (χ1n) is 5.35. The van der Waals surface area contributed by atoms with Crippen molar-refractivity contribution in [3.63, 3.8) is 0 Å². The van der Waals surface area contributed by atoms with Crippen molar-refractivity contribution in [2.75, 3.05) is 13.7 Å². The van der Waals surface area contributed by atoms with E-state index < -0.39 is 0 Å². The smallest absolute Gasteiger partial charge is 0 e. The Labute approximate surface area is 152 Å². The van der Waals surface area contributed by atoms with Gasteiger partial charge in [-0.05, 0) is 18.7 Å². The molecule has 0 amide bonds. The summed E-state index contributed by atoms with van der Waals surface area (Å²) in [7, 11) is 1.99. The van der Waals surface area contributed by atoms with Gasteiger partial charge in [-0.1, -0.05) is 30.3 Å². The molecule has 0 bridgehead atoms. The zero-order valence-electron chi connectivity index (χ0n) is 12.6. The van der Waals surface area contributed by atoms with Crippen LogP contribution >= 0.6 is 0 Å². The molecule has 24 heavy (non-hydrogen) atoms. The third-order valence-electron chi connectivity index (χ3n) is 2.02. The Morgan fingerprint density at radius 3 is 1.62 bits per heavy atom. The summed E-state index contributed by atoms with van der Waals surface area (Å²) in [4.78, 5) is 1.98. The monoisotopic (exact) mass is 364 g/mol. The van der Waals surface area contributed by atoms with Crippen molar-refractivity contribution in [3.8, 4) is 0 Å². The second-order valence-electron chi connectivity index (χ2n) is 3.09. The van der Waals surface area contributed by atoms with E-state index in [0.717, 1.165) is 12.4 Å². The molecule has 122 valence electrons. The van der Waals surface area contributed by atoms with E-state index in [0.29, 0.717) is 0 Å². The van der Waals surface area contributed by atoms with Gasteiger partial charge in [-0.25, -0.2) is 0 Å². The molecule has 1 aliphatic heterocycles. The minimum atomic E-state index is 0. The number of hydrogen-bond donors (Lipinski definition) is 1. The van der Waals surface area contributed by atoms with E-state index in [1.54, 1.807) is 0 Å². The molecule has 1 aromatic rings. The number of nitrogens with zero attached hydrogens (tertiary/aromatic N) is 1. The maximum Gasteiger partial charge on any atom is 0 e. The zero-order chi connectivity index (χ0) is 19.1. The Bertz CT molecular complexity index is 472. The van der Waals surface area contributed by atoms with Gasteiger partial charge in [0.1, 0.15) is 0 Å². The van der Waals surface area contributed by atoms with Crippen LogP contribution in [0.1, 0.15) is 5.56 Å². The largest absolute Gasteiger partial charge is 0 e. The van der Waals surface area contributed by atoms with Crippen LogP contribution in [0, 0.1) is 39.8 Å². The van der Waals surface area contributed by atoms with Gasteiger partial charge in [-0.3, -0.25) is 4.90 Å². The minimum absolute atomic E-state index is 0. The van der Waals surface area contributed by atoms with Gasteiger partial charge in [0.2, 0.25) is 0 Å². The molecule has 1 N–H and O–H groups in total. The number of nitrogens with one attached hydrogen (secondary N) is 1. The molecule has 7 nitrogen and oxygen atoms in total. The third-order valence-corrected chi connectivity index (χ3v) is 2.02. The SMILES string of the molecule is CN1[C]C=C(c2ccccc2)NC1.[C-]#[O+].[C-]#[O+].[C-]#[O+].[C-]#[O+].[C-]#[O+].[Cr]. The predicted molar refractivity (Wildman–Crippen MR) is 73.1 cm³/mol. The van der Waals surface area contributed by atoms with Gasteiger partial charge < -0.3 is 5.32 Å². The quantitative estimate of drug-likeness (QED) is 0.599. The molecule has 0 aromatic heterocycles. The van der Waals surface area contributed by atoms with Gasteiger partial charge in [-0.15, -0.1) is 0 Å². The number of rotatable bonds is 1. The number of likely N-dealkylation sites (N-methyl/N-ethyl adjacent to an activating group) is 1. The van der Waals surface area contributed by atoms with Crippen molar-refractivity contribution in [2.45, 2.75) is 0 Å². The van der Waals surface area contributed by atoms with Crippen molar-refractivity contribution in [1.82, 2.24) is 10.2 Å². The van der Waals surface area contributed by atoms with Crippen molar-refractivity contribution in [1.29, 1.82) is 0 Å². The molecule has 2 rings (SSSR count). The number of hydrogen-bond acceptors (Lipinski definition) is 2. The fraction of sp³-hybridized carbons (Fsp3) is 0.125. The fourth-order valence-electron chi connectivity index (χ4n) is 1.28. The van der Waals surface area contributed by atoms with Gasteiger partial charge in [-0.2, -0.15) is 0 Å². The molecule has 0 saturated heterocycles. The third kappa shape index (κ3) is 18.0. The first-order chi connectivity index (χ1) is 11.4. The Morgan fingerprint density at radius 2 is 1.29 bits per heavy atom. The average Bonchev–Trinajstić information content (AvgIpc) is 2.71. The van der Waals surface area contributed by atoms with E-state index >= 15 is 0 Å². The van der Waals surface area contributed by atoms with Crippen LogP contribution in [0.2, 0.25) is 0 Å². The van der Waals surface area contributed by atoms with Crippen LogP contribution in [0.5, 0.6) is 0 Å². The second-order valence-corrected chi connectivity index (χ2v) is 3.09. The predicted octanol–water partition coefficient (Wildman–Crippen LogP) is 1.37. The van der Waals surface area contributed by atoms with Crippen LogP contribution in [0.25, 0.3) is 5.70 Å². The minimum Gasteiger partial charge on any atom is 0 e. The standard InChI is InChI=1S/C11H12N2.5CO.Cr/c1-13-8-7-11(12-9-13)10-5-3-2-4-6-10;5*1-2;/h2-7,12H,9H2,1H3;;;;;;. The molecule has 1 aromatic carbocycles. The average molecular weight is 364 g/mol. The molecule has 0 spiro atoms. The van der Waals surface area contributed by atoms with Crippen LogP contribution in [0.15, 0.2) is 36.4 Å². The van der Waals surface area contributed by atoms with Gasteiger partial charge in [0.05, 0.1) is 13.2 Å². The summed E-state index contributed by atoms with van der Waals surface area (Å²) in [6.45, 7) is 26.5. The molecule has 1 aliphatic rings. The first-order valence-corrected chi connectivity index (χ1v) is 5.35. The molecule has 0 saturated carbocycles. The van der Waals surface area contributed by atoms with Crippen molar-refractivity contribution < 1.29 is 40.6 Å². The van der Waals surface area contributed by atoms with E-state index in [1.165, 1.54) is 5.56 Å².